The Morgan fingerprint density at radius 3 is 1.42 bits per heavy atom. The number of nitrogens with two attached hydrogens (primary N) is 1. The first-order valence-corrected chi connectivity index (χ1v) is 26.6. The minimum atomic E-state index is -4.28. The van der Waals surface area contributed by atoms with Crippen LogP contribution in [0.4, 0.5) is 0 Å². The number of carbonyl (C=O) groups excluding carboxylic acids is 1. The van der Waals surface area contributed by atoms with Crippen LogP contribution in [0.5, 0.6) is 0 Å². The summed E-state index contributed by atoms with van der Waals surface area (Å²) in [5.74, 6) is -0.339. The van der Waals surface area contributed by atoms with Crippen LogP contribution in [-0.4, -0.2) is 49.9 Å². The zero-order valence-corrected chi connectivity index (χ0v) is 40.1. The summed E-state index contributed by atoms with van der Waals surface area (Å²) in [5, 5.41) is 0. The summed E-state index contributed by atoms with van der Waals surface area (Å²) in [6.07, 6.45) is 58.6. The summed E-state index contributed by atoms with van der Waals surface area (Å²) in [6, 6.07) is 0. The molecule has 0 aliphatic carbocycles. The molecule has 0 aromatic rings. The van der Waals surface area contributed by atoms with Crippen molar-refractivity contribution in [1.29, 1.82) is 0 Å². The van der Waals surface area contributed by atoms with Gasteiger partial charge in [0.1, 0.15) is 6.10 Å². The van der Waals surface area contributed by atoms with Gasteiger partial charge in [0.05, 0.1) is 19.8 Å². The van der Waals surface area contributed by atoms with Gasteiger partial charge in [-0.05, 0) is 70.6 Å². The molecule has 0 fully saturated rings. The monoisotopic (exact) mass is 866 g/mol. The largest absolute Gasteiger partial charge is 0.472 e. The highest BCUT2D eigenvalue weighted by molar-refractivity contribution is 7.47. The van der Waals surface area contributed by atoms with Gasteiger partial charge in [-0.2, -0.15) is 0 Å². The number of allylic oxidation sites excluding steroid dienone is 8. The van der Waals surface area contributed by atoms with Gasteiger partial charge in [-0.25, -0.2) is 4.57 Å². The van der Waals surface area contributed by atoms with E-state index in [4.69, 9.17) is 24.3 Å². The van der Waals surface area contributed by atoms with Gasteiger partial charge in [-0.15, -0.1) is 0 Å². The fourth-order valence-corrected chi connectivity index (χ4v) is 7.83. The van der Waals surface area contributed by atoms with Crippen LogP contribution in [0.15, 0.2) is 48.6 Å². The van der Waals surface area contributed by atoms with Gasteiger partial charge in [0.15, 0.2) is 0 Å². The molecule has 352 valence electrons. The fourth-order valence-electron chi connectivity index (χ4n) is 7.07. The van der Waals surface area contributed by atoms with Crippen molar-refractivity contribution in [1.82, 2.24) is 0 Å². The van der Waals surface area contributed by atoms with E-state index in [2.05, 4.69) is 62.5 Å². The first-order chi connectivity index (χ1) is 29.4. The van der Waals surface area contributed by atoms with Crippen LogP contribution in [0.2, 0.25) is 0 Å². The molecule has 8 nitrogen and oxygen atoms in total. The third-order valence-corrected chi connectivity index (χ3v) is 11.7. The van der Waals surface area contributed by atoms with E-state index in [1.54, 1.807) is 0 Å². The maximum absolute atomic E-state index is 12.6. The van der Waals surface area contributed by atoms with Crippen LogP contribution in [0, 0.1) is 0 Å². The molecule has 0 bridgehead atoms. The number of unbranched alkanes of at least 4 members (excludes halogenated alkanes) is 27. The van der Waals surface area contributed by atoms with Crippen LogP contribution in [-0.2, 0) is 27.9 Å². The Kier molecular flexibility index (Phi) is 47.2. The molecule has 0 heterocycles. The van der Waals surface area contributed by atoms with Gasteiger partial charge in [0.2, 0.25) is 0 Å². The molecular formula is C51H96NO7P. The number of carbonyl (C=O) groups is 1. The van der Waals surface area contributed by atoms with E-state index in [1.807, 2.05) is 0 Å². The van der Waals surface area contributed by atoms with Crippen molar-refractivity contribution >= 4 is 13.8 Å². The second kappa shape index (κ2) is 48.5. The van der Waals surface area contributed by atoms with E-state index in [0.29, 0.717) is 13.0 Å². The van der Waals surface area contributed by atoms with Gasteiger partial charge in [0.25, 0.3) is 0 Å². The van der Waals surface area contributed by atoms with E-state index >= 15 is 0 Å². The number of phosphoric ester groups is 1. The number of phosphoric acid groups is 1. The molecule has 0 aliphatic heterocycles. The number of ether oxygens (including phenoxy) is 2. The average molecular weight is 866 g/mol. The quantitative estimate of drug-likeness (QED) is 0.0269. The van der Waals surface area contributed by atoms with Crippen molar-refractivity contribution in [3.63, 3.8) is 0 Å². The third kappa shape index (κ3) is 47.5. The van der Waals surface area contributed by atoms with Gasteiger partial charge in [-0.1, -0.05) is 204 Å². The van der Waals surface area contributed by atoms with Crippen molar-refractivity contribution < 1.29 is 32.8 Å². The first kappa shape index (κ1) is 58.5. The summed E-state index contributed by atoms with van der Waals surface area (Å²) in [4.78, 5) is 22.6. The van der Waals surface area contributed by atoms with Gasteiger partial charge in [-0.3, -0.25) is 13.8 Å². The van der Waals surface area contributed by atoms with E-state index in [9.17, 15) is 14.3 Å². The van der Waals surface area contributed by atoms with Gasteiger partial charge >= 0.3 is 13.8 Å². The molecular weight excluding hydrogens is 770 g/mol. The van der Waals surface area contributed by atoms with E-state index < -0.39 is 13.9 Å². The third-order valence-electron chi connectivity index (χ3n) is 10.7. The van der Waals surface area contributed by atoms with Crippen molar-refractivity contribution in [2.45, 2.75) is 238 Å². The predicted octanol–water partition coefficient (Wildman–Crippen LogP) is 15.5. The van der Waals surface area contributed by atoms with E-state index in [0.717, 1.165) is 57.8 Å². The van der Waals surface area contributed by atoms with E-state index in [1.165, 1.54) is 154 Å². The van der Waals surface area contributed by atoms with Crippen molar-refractivity contribution in [2.75, 3.05) is 33.0 Å². The Balaban J connectivity index is 3.92. The Labute approximate surface area is 371 Å². The topological polar surface area (TPSA) is 117 Å². The highest BCUT2D eigenvalue weighted by Gasteiger charge is 2.25. The van der Waals surface area contributed by atoms with Crippen LogP contribution in [0.1, 0.15) is 232 Å². The number of esters is 1. The molecule has 0 spiro atoms. The number of hydrogen-bond donors (Lipinski definition) is 2. The van der Waals surface area contributed by atoms with E-state index in [-0.39, 0.29) is 32.3 Å². The molecule has 60 heavy (non-hydrogen) atoms. The second-order valence-electron chi connectivity index (χ2n) is 16.6. The number of hydrogen-bond acceptors (Lipinski definition) is 7. The SMILES string of the molecule is CC/C=C\C/C=C\C/C=C\CCCCCCCCCC(=O)OC(COCCCCCCCCCCCCCC/C=C\CCCCCCCCCC)COP(=O)(O)OCCN. The summed E-state index contributed by atoms with van der Waals surface area (Å²) in [7, 11) is -4.28. The fraction of sp³-hybridized carbons (Fsp3) is 0.824. The molecule has 0 saturated carbocycles. The Hall–Kier alpha value is -1.54. The first-order valence-electron chi connectivity index (χ1n) is 25.1. The molecule has 3 N–H and O–H groups in total. The zero-order valence-electron chi connectivity index (χ0n) is 39.2. The Morgan fingerprint density at radius 2 is 0.933 bits per heavy atom. The molecule has 0 aromatic carbocycles. The molecule has 2 atom stereocenters. The number of rotatable bonds is 48. The van der Waals surface area contributed by atoms with Crippen LogP contribution in [0.3, 0.4) is 0 Å². The lowest BCUT2D eigenvalue weighted by Crippen LogP contribution is -2.28. The second-order valence-corrected chi connectivity index (χ2v) is 18.1. The van der Waals surface area contributed by atoms with Crippen LogP contribution < -0.4 is 5.73 Å². The maximum atomic E-state index is 12.6. The molecule has 0 aliphatic rings. The van der Waals surface area contributed by atoms with Crippen LogP contribution in [0.25, 0.3) is 0 Å². The highest BCUT2D eigenvalue weighted by atomic mass is 31.2. The summed E-state index contributed by atoms with van der Waals surface area (Å²) in [6.45, 7) is 4.82. The smallest absolute Gasteiger partial charge is 0.457 e. The Bertz CT molecular complexity index is 1060. The van der Waals surface area contributed by atoms with Crippen LogP contribution >= 0.6 is 7.82 Å². The minimum absolute atomic E-state index is 0.0977. The van der Waals surface area contributed by atoms with Gasteiger partial charge < -0.3 is 20.1 Å². The molecule has 9 heteroatoms. The zero-order chi connectivity index (χ0) is 43.7. The molecule has 0 rings (SSSR count). The van der Waals surface area contributed by atoms with Crippen molar-refractivity contribution in [3.05, 3.63) is 48.6 Å². The molecule has 0 amide bonds. The molecule has 2 unspecified atom stereocenters. The lowest BCUT2D eigenvalue weighted by Gasteiger charge is -2.20. The minimum Gasteiger partial charge on any atom is -0.457 e. The summed E-state index contributed by atoms with van der Waals surface area (Å²) < 4.78 is 33.6. The predicted molar refractivity (Wildman–Crippen MR) is 256 cm³/mol. The highest BCUT2D eigenvalue weighted by Crippen LogP contribution is 2.43. The normalized spacial score (nSPS) is 13.7. The van der Waals surface area contributed by atoms with Crippen molar-refractivity contribution in [3.8, 4) is 0 Å². The molecule has 0 radical (unpaired) electrons. The Morgan fingerprint density at radius 1 is 0.517 bits per heavy atom. The average Bonchev–Trinajstić information content (AvgIpc) is 3.24. The lowest BCUT2D eigenvalue weighted by molar-refractivity contribution is -0.154. The maximum Gasteiger partial charge on any atom is 0.472 e. The lowest BCUT2D eigenvalue weighted by atomic mass is 10.0. The van der Waals surface area contributed by atoms with Gasteiger partial charge in [0, 0.05) is 19.6 Å². The summed E-state index contributed by atoms with van der Waals surface area (Å²) >= 11 is 0. The molecule has 0 aromatic heterocycles. The van der Waals surface area contributed by atoms with Crippen molar-refractivity contribution in [2.24, 2.45) is 5.73 Å². The molecule has 0 saturated heterocycles. The summed E-state index contributed by atoms with van der Waals surface area (Å²) in [5.41, 5.74) is 5.38. The standard InChI is InChI=1S/C51H96NO7P/c1-3-5-7-9-11-13-15-17-19-21-22-23-24-25-26-27-29-31-33-35-37-39-41-43-46-56-48-50(49-58-60(54,55)57-47-45-52)59-51(53)44-42-40-38-36-34-32-30-28-20-18-16-14-12-10-8-6-4-2/h6,8,12,14,18,20-22,50H,3-5,7,9-11,13,15-17,19,23-49,52H2,1-2H3,(H,54,55)/b8-6-,14-12-,20-18-,22-21-.